The van der Waals surface area contributed by atoms with Gasteiger partial charge in [0.05, 0.1) is 21.7 Å². The van der Waals surface area contributed by atoms with Gasteiger partial charge < -0.3 is 9.47 Å². The van der Waals surface area contributed by atoms with Gasteiger partial charge in [-0.05, 0) is 65.5 Å². The summed E-state index contributed by atoms with van der Waals surface area (Å²) in [5.74, 6) is 0.486. The fourth-order valence-corrected chi connectivity index (χ4v) is 4.85. The van der Waals surface area contributed by atoms with Crippen molar-refractivity contribution >= 4 is 31.7 Å². The van der Waals surface area contributed by atoms with E-state index in [1.807, 2.05) is 43.3 Å². The van der Waals surface area contributed by atoms with Gasteiger partial charge in [0, 0.05) is 12.6 Å². The Morgan fingerprint density at radius 1 is 1.03 bits per heavy atom. The predicted octanol–water partition coefficient (Wildman–Crippen LogP) is 5.41. The maximum atomic E-state index is 12.8. The Kier molecular flexibility index (Phi) is 8.04. The number of hydrogen-bond donors (Lipinski definition) is 0. The van der Waals surface area contributed by atoms with Crippen molar-refractivity contribution in [3.63, 3.8) is 0 Å². The molecular formula is C24H24BrNO5S. The third kappa shape index (κ3) is 6.64. The molecule has 8 heteroatoms. The maximum Gasteiger partial charge on any atom is 0.306 e. The molecular weight excluding hydrogens is 494 g/mol. The van der Waals surface area contributed by atoms with Gasteiger partial charge in [0.2, 0.25) is 5.88 Å². The lowest BCUT2D eigenvalue weighted by atomic mass is 10.1. The number of hydrogen-bond acceptors (Lipinski definition) is 6. The first-order chi connectivity index (χ1) is 15.3. The molecule has 32 heavy (non-hydrogen) atoms. The Morgan fingerprint density at radius 2 is 1.69 bits per heavy atom. The molecule has 3 rings (SSSR count). The van der Waals surface area contributed by atoms with E-state index in [0.29, 0.717) is 29.7 Å². The Balaban J connectivity index is 1.66. The van der Waals surface area contributed by atoms with Crippen LogP contribution in [0.2, 0.25) is 0 Å². The molecule has 0 unspecified atom stereocenters. The summed E-state index contributed by atoms with van der Waals surface area (Å²) in [4.78, 5) is 15.8. The Morgan fingerprint density at radius 3 is 2.31 bits per heavy atom. The molecule has 0 fully saturated rings. The Hall–Kier alpha value is -2.71. The van der Waals surface area contributed by atoms with Gasteiger partial charge in [-0.2, -0.15) is 0 Å². The largest absolute Gasteiger partial charge is 0.466 e. The van der Waals surface area contributed by atoms with Crippen molar-refractivity contribution in [3.8, 4) is 11.6 Å². The number of aromatic nitrogens is 1. The highest BCUT2D eigenvalue weighted by Crippen LogP contribution is 2.30. The number of halogens is 1. The molecule has 0 radical (unpaired) electrons. The van der Waals surface area contributed by atoms with E-state index in [1.54, 1.807) is 19.1 Å². The number of carbonyl (C=O) groups excluding carboxylic acids is 1. The van der Waals surface area contributed by atoms with E-state index < -0.39 is 9.84 Å². The number of benzene rings is 2. The van der Waals surface area contributed by atoms with E-state index in [1.165, 1.54) is 12.3 Å². The average molecular weight is 518 g/mol. The molecule has 2 aromatic carbocycles. The molecule has 0 saturated heterocycles. The molecule has 3 aromatic rings. The molecule has 0 aliphatic carbocycles. The van der Waals surface area contributed by atoms with Crippen LogP contribution in [0.25, 0.3) is 0 Å². The standard InChI is InChI=1S/C24H24BrNO5S/c1-3-30-23(27)13-10-18-8-11-20(12-9-18)31-24-22(25)14-21(15-26-24)32(28,29)16-19-6-4-17(2)5-7-19/h4-9,11-12,14-15H,3,10,13,16H2,1-2H3. The predicted molar refractivity (Wildman–Crippen MR) is 125 cm³/mol. The van der Waals surface area contributed by atoms with Crippen molar-refractivity contribution in [3.05, 3.63) is 82.0 Å². The van der Waals surface area contributed by atoms with E-state index in [-0.39, 0.29) is 22.5 Å². The lowest BCUT2D eigenvalue weighted by Crippen LogP contribution is -2.06. The van der Waals surface area contributed by atoms with E-state index in [9.17, 15) is 13.2 Å². The summed E-state index contributed by atoms with van der Waals surface area (Å²) in [6.07, 6.45) is 2.20. The van der Waals surface area contributed by atoms with Crippen LogP contribution in [0.3, 0.4) is 0 Å². The summed E-state index contributed by atoms with van der Waals surface area (Å²) in [5.41, 5.74) is 2.77. The zero-order chi connectivity index (χ0) is 23.1. The minimum absolute atomic E-state index is 0.102. The minimum atomic E-state index is -3.55. The SMILES string of the molecule is CCOC(=O)CCc1ccc(Oc2ncc(S(=O)(=O)Cc3ccc(C)cc3)cc2Br)cc1. The normalized spacial score (nSPS) is 11.2. The van der Waals surface area contributed by atoms with Gasteiger partial charge in [-0.1, -0.05) is 42.0 Å². The van der Waals surface area contributed by atoms with E-state index >= 15 is 0 Å². The van der Waals surface area contributed by atoms with Gasteiger partial charge in [-0.15, -0.1) is 0 Å². The molecule has 0 N–H and O–H groups in total. The zero-order valence-electron chi connectivity index (χ0n) is 17.9. The highest BCUT2D eigenvalue weighted by Gasteiger charge is 2.18. The lowest BCUT2D eigenvalue weighted by Gasteiger charge is -2.10. The average Bonchev–Trinajstić information content (AvgIpc) is 2.76. The quantitative estimate of drug-likeness (QED) is 0.352. The lowest BCUT2D eigenvalue weighted by molar-refractivity contribution is -0.143. The van der Waals surface area contributed by atoms with Gasteiger partial charge >= 0.3 is 5.97 Å². The molecule has 1 aromatic heterocycles. The number of aryl methyl sites for hydroxylation is 2. The van der Waals surface area contributed by atoms with Crippen molar-refractivity contribution in [1.82, 2.24) is 4.98 Å². The first kappa shape index (κ1) is 23.9. The highest BCUT2D eigenvalue weighted by molar-refractivity contribution is 9.10. The first-order valence-electron chi connectivity index (χ1n) is 10.1. The summed E-state index contributed by atoms with van der Waals surface area (Å²) in [5, 5.41) is 0. The summed E-state index contributed by atoms with van der Waals surface area (Å²) < 4.78 is 36.7. The number of ether oxygens (including phenoxy) is 2. The fourth-order valence-electron chi connectivity index (χ4n) is 2.96. The van der Waals surface area contributed by atoms with Crippen molar-refractivity contribution in [1.29, 1.82) is 0 Å². The summed E-state index contributed by atoms with van der Waals surface area (Å²) in [7, 11) is -3.55. The first-order valence-corrected chi connectivity index (χ1v) is 12.6. The van der Waals surface area contributed by atoms with Crippen LogP contribution >= 0.6 is 15.9 Å². The second-order valence-corrected chi connectivity index (χ2v) is 10.1. The van der Waals surface area contributed by atoms with Gasteiger partial charge in [0.15, 0.2) is 9.84 Å². The molecule has 0 spiro atoms. The summed E-state index contributed by atoms with van der Waals surface area (Å²) in [6.45, 7) is 4.11. The molecule has 0 amide bonds. The monoisotopic (exact) mass is 517 g/mol. The number of pyridine rings is 1. The molecule has 0 aliphatic heterocycles. The van der Waals surface area contributed by atoms with Crippen LogP contribution in [0.4, 0.5) is 0 Å². The third-order valence-electron chi connectivity index (χ3n) is 4.68. The highest BCUT2D eigenvalue weighted by atomic mass is 79.9. The maximum absolute atomic E-state index is 12.8. The van der Waals surface area contributed by atoms with E-state index in [4.69, 9.17) is 9.47 Å². The number of nitrogens with zero attached hydrogens (tertiary/aromatic N) is 1. The van der Waals surface area contributed by atoms with E-state index in [2.05, 4.69) is 20.9 Å². The number of carbonyl (C=O) groups is 1. The summed E-state index contributed by atoms with van der Waals surface area (Å²) in [6, 6.07) is 16.2. The fraction of sp³-hybridized carbons (Fsp3) is 0.250. The minimum Gasteiger partial charge on any atom is -0.466 e. The number of esters is 1. The third-order valence-corrected chi connectivity index (χ3v) is 6.90. The van der Waals surface area contributed by atoms with Crippen molar-refractivity contribution in [2.75, 3.05) is 6.61 Å². The Bertz CT molecular complexity index is 1180. The van der Waals surface area contributed by atoms with Crippen molar-refractivity contribution in [2.45, 2.75) is 37.3 Å². The van der Waals surface area contributed by atoms with Crippen LogP contribution in [-0.2, 0) is 31.5 Å². The van der Waals surface area contributed by atoms with Crippen LogP contribution in [-0.4, -0.2) is 26.0 Å². The van der Waals surface area contributed by atoms with E-state index in [0.717, 1.165) is 16.7 Å². The smallest absolute Gasteiger partial charge is 0.306 e. The summed E-state index contributed by atoms with van der Waals surface area (Å²) >= 11 is 3.36. The number of sulfone groups is 1. The molecule has 0 aliphatic rings. The molecule has 0 saturated carbocycles. The van der Waals surface area contributed by atoms with Gasteiger partial charge in [0.1, 0.15) is 5.75 Å². The second-order valence-electron chi connectivity index (χ2n) is 7.25. The molecule has 168 valence electrons. The molecule has 0 bridgehead atoms. The van der Waals surface area contributed by atoms with Crippen LogP contribution in [0.1, 0.15) is 30.0 Å². The van der Waals surface area contributed by atoms with Crippen LogP contribution in [0, 0.1) is 6.92 Å². The van der Waals surface area contributed by atoms with Crippen LogP contribution in [0.15, 0.2) is 70.2 Å². The Labute approximate surface area is 196 Å². The zero-order valence-corrected chi connectivity index (χ0v) is 20.3. The molecule has 6 nitrogen and oxygen atoms in total. The van der Waals surface area contributed by atoms with Gasteiger partial charge in [-0.3, -0.25) is 4.79 Å². The second kappa shape index (κ2) is 10.7. The van der Waals surface area contributed by atoms with Crippen LogP contribution < -0.4 is 4.74 Å². The topological polar surface area (TPSA) is 82.6 Å². The van der Waals surface area contributed by atoms with Crippen molar-refractivity contribution in [2.24, 2.45) is 0 Å². The van der Waals surface area contributed by atoms with Crippen molar-refractivity contribution < 1.29 is 22.7 Å². The van der Waals surface area contributed by atoms with Gasteiger partial charge in [0.25, 0.3) is 0 Å². The molecule has 1 heterocycles. The number of rotatable bonds is 9. The van der Waals surface area contributed by atoms with Crippen LogP contribution in [0.5, 0.6) is 11.6 Å². The molecule has 0 atom stereocenters. The van der Waals surface area contributed by atoms with Gasteiger partial charge in [-0.25, -0.2) is 13.4 Å².